The Balaban J connectivity index is 2.32. The van der Waals surface area contributed by atoms with E-state index in [1.807, 2.05) is 22.9 Å². The van der Waals surface area contributed by atoms with Gasteiger partial charge in [-0.3, -0.25) is 0 Å². The molecule has 0 spiro atoms. The first kappa shape index (κ1) is 15.3. The highest BCUT2D eigenvalue weighted by Gasteiger charge is 2.10. The summed E-state index contributed by atoms with van der Waals surface area (Å²) in [5, 5.41) is 12.8. The predicted molar refractivity (Wildman–Crippen MR) is 84.2 cm³/mol. The zero-order chi connectivity index (χ0) is 15.2. The molecule has 4 nitrogen and oxygen atoms in total. The van der Waals surface area contributed by atoms with Crippen molar-refractivity contribution in [1.82, 2.24) is 14.9 Å². The molecule has 1 heterocycles. The Hall–Kier alpha value is -2.12. The highest BCUT2D eigenvalue weighted by atomic mass is 15.1. The molecule has 0 aliphatic heterocycles. The molecule has 2 rings (SSSR count). The van der Waals surface area contributed by atoms with Gasteiger partial charge in [0.1, 0.15) is 11.9 Å². The molecule has 110 valence electrons. The molecule has 0 aliphatic rings. The van der Waals surface area contributed by atoms with Crippen LogP contribution in [0.5, 0.6) is 0 Å². The van der Waals surface area contributed by atoms with Crippen LogP contribution in [0.15, 0.2) is 30.6 Å². The molecule has 0 amide bonds. The van der Waals surface area contributed by atoms with Gasteiger partial charge in [-0.2, -0.15) is 5.26 Å². The van der Waals surface area contributed by atoms with Crippen molar-refractivity contribution in [3.63, 3.8) is 0 Å². The summed E-state index contributed by atoms with van der Waals surface area (Å²) >= 11 is 0. The van der Waals surface area contributed by atoms with Gasteiger partial charge in [0.25, 0.3) is 0 Å². The van der Waals surface area contributed by atoms with Crippen LogP contribution in [-0.2, 0) is 13.0 Å². The Bertz CT molecular complexity index is 634. The average Bonchev–Trinajstić information content (AvgIpc) is 2.93. The van der Waals surface area contributed by atoms with Crippen molar-refractivity contribution in [3.8, 4) is 11.8 Å². The average molecular weight is 282 g/mol. The summed E-state index contributed by atoms with van der Waals surface area (Å²) in [6.07, 6.45) is 5.66. The maximum atomic E-state index is 9.44. The van der Waals surface area contributed by atoms with Crippen molar-refractivity contribution in [2.24, 2.45) is 0 Å². The quantitative estimate of drug-likeness (QED) is 0.885. The predicted octanol–water partition coefficient (Wildman–Crippen LogP) is 3.19. The Labute approximate surface area is 126 Å². The van der Waals surface area contributed by atoms with Crippen LogP contribution in [0.25, 0.3) is 5.69 Å². The van der Waals surface area contributed by atoms with E-state index in [-0.39, 0.29) is 0 Å². The molecule has 0 fully saturated rings. The summed E-state index contributed by atoms with van der Waals surface area (Å²) in [4.78, 5) is 4.38. The Morgan fingerprint density at radius 1 is 1.38 bits per heavy atom. The van der Waals surface area contributed by atoms with Crippen LogP contribution in [0, 0.1) is 11.3 Å². The molecule has 0 unspecified atom stereocenters. The first-order valence-electron chi connectivity index (χ1n) is 7.44. The third-order valence-corrected chi connectivity index (χ3v) is 3.35. The standard InChI is InChI=1S/C17H22N4/c1-4-5-17-19-8-9-21(17)16-7-6-14(10-15(16)11-18)12-20-13(2)3/h6-10,13,20H,4-5,12H2,1-3H3. The third-order valence-electron chi connectivity index (χ3n) is 3.35. The minimum absolute atomic E-state index is 0.431. The number of aryl methyl sites for hydroxylation is 1. The second kappa shape index (κ2) is 7.05. The van der Waals surface area contributed by atoms with Crippen molar-refractivity contribution in [1.29, 1.82) is 5.26 Å². The Morgan fingerprint density at radius 2 is 2.19 bits per heavy atom. The molecule has 0 atom stereocenters. The lowest BCUT2D eigenvalue weighted by molar-refractivity contribution is 0.589. The van der Waals surface area contributed by atoms with Gasteiger partial charge in [-0.25, -0.2) is 4.98 Å². The van der Waals surface area contributed by atoms with E-state index >= 15 is 0 Å². The highest BCUT2D eigenvalue weighted by Crippen LogP contribution is 2.18. The maximum Gasteiger partial charge on any atom is 0.113 e. The lowest BCUT2D eigenvalue weighted by atomic mass is 10.1. The fourth-order valence-corrected chi connectivity index (χ4v) is 2.28. The van der Waals surface area contributed by atoms with Crippen LogP contribution in [0.3, 0.4) is 0 Å². The molecule has 0 aliphatic carbocycles. The Morgan fingerprint density at radius 3 is 2.86 bits per heavy atom. The number of nitrogens with one attached hydrogen (secondary N) is 1. The minimum atomic E-state index is 0.431. The van der Waals surface area contributed by atoms with E-state index in [1.54, 1.807) is 6.20 Å². The lowest BCUT2D eigenvalue weighted by Crippen LogP contribution is -2.21. The van der Waals surface area contributed by atoms with Gasteiger partial charge in [0.05, 0.1) is 11.3 Å². The molecule has 0 bridgehead atoms. The molecule has 0 saturated carbocycles. The van der Waals surface area contributed by atoms with Gasteiger partial charge in [-0.1, -0.05) is 26.8 Å². The topological polar surface area (TPSA) is 53.6 Å². The molecular weight excluding hydrogens is 260 g/mol. The molecular formula is C17H22N4. The number of hydrogen-bond donors (Lipinski definition) is 1. The fourth-order valence-electron chi connectivity index (χ4n) is 2.28. The van der Waals surface area contributed by atoms with Gasteiger partial charge in [-0.15, -0.1) is 0 Å². The monoisotopic (exact) mass is 282 g/mol. The van der Waals surface area contributed by atoms with Crippen LogP contribution in [0.1, 0.15) is 44.1 Å². The van der Waals surface area contributed by atoms with E-state index in [9.17, 15) is 5.26 Å². The van der Waals surface area contributed by atoms with E-state index < -0.39 is 0 Å². The first-order valence-corrected chi connectivity index (χ1v) is 7.44. The minimum Gasteiger partial charge on any atom is -0.310 e. The Kier molecular flexibility index (Phi) is 5.13. The van der Waals surface area contributed by atoms with E-state index in [0.717, 1.165) is 36.5 Å². The van der Waals surface area contributed by atoms with E-state index in [2.05, 4.69) is 43.2 Å². The maximum absolute atomic E-state index is 9.44. The summed E-state index contributed by atoms with van der Waals surface area (Å²) < 4.78 is 2.02. The summed E-state index contributed by atoms with van der Waals surface area (Å²) in [7, 11) is 0. The summed E-state index contributed by atoms with van der Waals surface area (Å²) in [5.41, 5.74) is 2.72. The van der Waals surface area contributed by atoms with Crippen molar-refractivity contribution >= 4 is 0 Å². The van der Waals surface area contributed by atoms with Gasteiger partial charge in [0, 0.05) is 31.4 Å². The first-order chi connectivity index (χ1) is 10.2. The number of rotatable bonds is 6. The number of imidazole rings is 1. The van der Waals surface area contributed by atoms with E-state index in [4.69, 9.17) is 0 Å². The second-order valence-corrected chi connectivity index (χ2v) is 5.46. The molecule has 2 aromatic rings. The van der Waals surface area contributed by atoms with Crippen LogP contribution < -0.4 is 5.32 Å². The molecule has 4 heteroatoms. The molecule has 0 radical (unpaired) electrons. The summed E-state index contributed by atoms with van der Waals surface area (Å²) in [6, 6.07) is 8.78. The summed E-state index contributed by atoms with van der Waals surface area (Å²) in [6.45, 7) is 7.13. The largest absolute Gasteiger partial charge is 0.310 e. The van der Waals surface area contributed by atoms with Crippen molar-refractivity contribution in [3.05, 3.63) is 47.5 Å². The highest BCUT2D eigenvalue weighted by molar-refractivity contribution is 5.51. The molecule has 1 N–H and O–H groups in total. The van der Waals surface area contributed by atoms with Gasteiger partial charge in [0.15, 0.2) is 0 Å². The van der Waals surface area contributed by atoms with Gasteiger partial charge in [0.2, 0.25) is 0 Å². The van der Waals surface area contributed by atoms with Crippen molar-refractivity contribution in [2.45, 2.75) is 46.2 Å². The normalized spacial score (nSPS) is 10.8. The molecule has 1 aromatic carbocycles. The fraction of sp³-hybridized carbons (Fsp3) is 0.412. The van der Waals surface area contributed by atoms with Crippen molar-refractivity contribution < 1.29 is 0 Å². The second-order valence-electron chi connectivity index (χ2n) is 5.46. The van der Waals surface area contributed by atoms with Crippen LogP contribution in [0.2, 0.25) is 0 Å². The lowest BCUT2D eigenvalue weighted by Gasteiger charge is -2.12. The van der Waals surface area contributed by atoms with Gasteiger partial charge in [-0.05, 0) is 24.1 Å². The van der Waals surface area contributed by atoms with E-state index in [0.29, 0.717) is 11.6 Å². The van der Waals surface area contributed by atoms with Crippen LogP contribution in [0.4, 0.5) is 0 Å². The zero-order valence-corrected chi connectivity index (χ0v) is 12.9. The number of nitrogens with zero attached hydrogens (tertiary/aromatic N) is 3. The van der Waals surface area contributed by atoms with Gasteiger partial charge >= 0.3 is 0 Å². The van der Waals surface area contributed by atoms with Gasteiger partial charge < -0.3 is 9.88 Å². The molecule has 0 saturated heterocycles. The molecule has 1 aromatic heterocycles. The number of benzene rings is 1. The number of hydrogen-bond acceptors (Lipinski definition) is 3. The van der Waals surface area contributed by atoms with Crippen LogP contribution in [-0.4, -0.2) is 15.6 Å². The third kappa shape index (κ3) is 3.71. The molecule has 21 heavy (non-hydrogen) atoms. The SMILES string of the molecule is CCCc1nccn1-c1ccc(CNC(C)C)cc1C#N. The summed E-state index contributed by atoms with van der Waals surface area (Å²) in [5.74, 6) is 1.00. The zero-order valence-electron chi connectivity index (χ0n) is 12.9. The number of aromatic nitrogens is 2. The van der Waals surface area contributed by atoms with Crippen LogP contribution >= 0.6 is 0 Å². The number of nitriles is 1. The van der Waals surface area contributed by atoms with E-state index in [1.165, 1.54) is 0 Å². The van der Waals surface area contributed by atoms with Crippen molar-refractivity contribution in [2.75, 3.05) is 0 Å². The smallest absolute Gasteiger partial charge is 0.113 e.